The van der Waals surface area contributed by atoms with Gasteiger partial charge in [0.05, 0.1) is 17.2 Å². The number of carbonyl (C=O) groups excluding carboxylic acids is 1. The molecule has 2 aromatic heterocycles. The number of carbonyl (C=O) groups is 1. The molecule has 1 aliphatic rings. The van der Waals surface area contributed by atoms with Crippen molar-refractivity contribution in [1.82, 2.24) is 20.3 Å². The number of aromatic nitrogens is 3. The Bertz CT molecular complexity index is 741. The van der Waals surface area contributed by atoms with Crippen molar-refractivity contribution in [2.24, 2.45) is 0 Å². The maximum atomic E-state index is 12.1. The van der Waals surface area contributed by atoms with E-state index >= 15 is 0 Å². The van der Waals surface area contributed by atoms with E-state index in [0.717, 1.165) is 36.3 Å². The highest BCUT2D eigenvalue weighted by Gasteiger charge is 2.24. The molecule has 1 amide bonds. The van der Waals surface area contributed by atoms with Gasteiger partial charge in [-0.15, -0.1) is 11.3 Å². The zero-order valence-corrected chi connectivity index (χ0v) is 15.2. The fraction of sp³-hybridized carbons (Fsp3) is 0.529. The third-order valence-corrected chi connectivity index (χ3v) is 4.87. The van der Waals surface area contributed by atoms with E-state index in [-0.39, 0.29) is 11.8 Å². The summed E-state index contributed by atoms with van der Waals surface area (Å²) < 4.78 is 0. The van der Waals surface area contributed by atoms with Gasteiger partial charge in [0.1, 0.15) is 17.3 Å². The normalized spacial score (nSPS) is 13.8. The van der Waals surface area contributed by atoms with Gasteiger partial charge in [-0.2, -0.15) is 0 Å². The first-order valence-electron chi connectivity index (χ1n) is 8.44. The van der Waals surface area contributed by atoms with Gasteiger partial charge in [0.15, 0.2) is 0 Å². The van der Waals surface area contributed by atoms with Gasteiger partial charge in [-0.25, -0.2) is 15.0 Å². The van der Waals surface area contributed by atoms with E-state index in [1.807, 2.05) is 13.8 Å². The maximum absolute atomic E-state index is 12.1. The zero-order chi connectivity index (χ0) is 17.1. The van der Waals surface area contributed by atoms with Crippen LogP contribution in [0.3, 0.4) is 0 Å². The largest absolute Gasteiger partial charge is 0.364 e. The van der Waals surface area contributed by atoms with Crippen molar-refractivity contribution >= 4 is 23.1 Å². The highest BCUT2D eigenvalue weighted by Crippen LogP contribution is 2.24. The molecule has 0 saturated heterocycles. The highest BCUT2D eigenvalue weighted by molar-refractivity contribution is 7.09. The Hall–Kier alpha value is -2.02. The summed E-state index contributed by atoms with van der Waals surface area (Å²) in [5.74, 6) is 1.52. The van der Waals surface area contributed by atoms with Crippen molar-refractivity contribution < 1.29 is 4.79 Å². The molecule has 0 saturated carbocycles. The molecule has 0 fully saturated rings. The summed E-state index contributed by atoms with van der Waals surface area (Å²) in [5, 5.41) is 9.48. The van der Waals surface area contributed by atoms with Gasteiger partial charge in [0.25, 0.3) is 5.91 Å². The van der Waals surface area contributed by atoms with Crippen LogP contribution >= 0.6 is 11.3 Å². The average Bonchev–Trinajstić information content (AvgIpc) is 3.01. The van der Waals surface area contributed by atoms with Crippen molar-refractivity contribution in [3.05, 3.63) is 33.2 Å². The Kier molecular flexibility index (Phi) is 5.08. The first-order valence-corrected chi connectivity index (χ1v) is 9.32. The molecule has 0 spiro atoms. The van der Waals surface area contributed by atoms with Gasteiger partial charge >= 0.3 is 0 Å². The smallest absolute Gasteiger partial charge is 0.270 e. The average molecular weight is 345 g/mol. The molecule has 0 atom stereocenters. The standard InChI is InChI=1S/C17H23N5OS/c1-4-5-13-20-11(9-24-13)8-19-16-12-6-7-18-17(23)14(12)21-15(22-16)10(2)3/h9-10H,4-8H2,1-3H3,(H,18,23)(H,19,21,22). The van der Waals surface area contributed by atoms with Gasteiger partial charge in [-0.1, -0.05) is 20.8 Å². The molecule has 6 nitrogen and oxygen atoms in total. The number of hydrogen-bond donors (Lipinski definition) is 2. The van der Waals surface area contributed by atoms with Crippen LogP contribution in [0, 0.1) is 0 Å². The number of thiazole rings is 1. The summed E-state index contributed by atoms with van der Waals surface area (Å²) in [6.07, 6.45) is 2.87. The first kappa shape index (κ1) is 16.8. The molecular weight excluding hydrogens is 322 g/mol. The van der Waals surface area contributed by atoms with Crippen molar-refractivity contribution in [2.75, 3.05) is 11.9 Å². The molecule has 2 aromatic rings. The molecule has 0 aliphatic carbocycles. The van der Waals surface area contributed by atoms with E-state index in [0.29, 0.717) is 24.6 Å². The van der Waals surface area contributed by atoms with E-state index < -0.39 is 0 Å². The van der Waals surface area contributed by atoms with Gasteiger partial charge in [-0.05, 0) is 19.3 Å². The lowest BCUT2D eigenvalue weighted by atomic mass is 10.1. The van der Waals surface area contributed by atoms with Crippen molar-refractivity contribution in [3.8, 4) is 0 Å². The Balaban J connectivity index is 1.84. The lowest BCUT2D eigenvalue weighted by molar-refractivity contribution is 0.0940. The summed E-state index contributed by atoms with van der Waals surface area (Å²) in [5.41, 5.74) is 2.43. The number of hydrogen-bond acceptors (Lipinski definition) is 6. The Morgan fingerprint density at radius 3 is 2.92 bits per heavy atom. The predicted molar refractivity (Wildman–Crippen MR) is 95.6 cm³/mol. The molecule has 1 aliphatic heterocycles. The topological polar surface area (TPSA) is 79.8 Å². The number of aryl methyl sites for hydroxylation is 1. The number of nitrogens with zero attached hydrogens (tertiary/aromatic N) is 3. The van der Waals surface area contributed by atoms with Crippen LogP contribution in [0.2, 0.25) is 0 Å². The third-order valence-electron chi connectivity index (χ3n) is 3.92. The van der Waals surface area contributed by atoms with E-state index in [1.165, 1.54) is 5.01 Å². The quantitative estimate of drug-likeness (QED) is 0.841. The number of fused-ring (bicyclic) bond motifs is 1. The van der Waals surface area contributed by atoms with Gasteiger partial charge in [0, 0.05) is 23.4 Å². The van der Waals surface area contributed by atoms with Gasteiger partial charge in [-0.3, -0.25) is 4.79 Å². The van der Waals surface area contributed by atoms with E-state index in [2.05, 4.69) is 37.9 Å². The summed E-state index contributed by atoms with van der Waals surface area (Å²) in [7, 11) is 0. The fourth-order valence-corrected chi connectivity index (χ4v) is 3.55. The lowest BCUT2D eigenvalue weighted by Crippen LogP contribution is -2.34. The highest BCUT2D eigenvalue weighted by atomic mass is 32.1. The Morgan fingerprint density at radius 1 is 1.33 bits per heavy atom. The number of amides is 1. The molecular formula is C17H23N5OS. The van der Waals surface area contributed by atoms with Crippen LogP contribution in [0.1, 0.15) is 65.7 Å². The molecule has 7 heteroatoms. The van der Waals surface area contributed by atoms with Gasteiger partial charge in [0.2, 0.25) is 0 Å². The van der Waals surface area contributed by atoms with Crippen LogP contribution in [0.15, 0.2) is 5.38 Å². The van der Waals surface area contributed by atoms with Crippen molar-refractivity contribution in [3.63, 3.8) is 0 Å². The fourth-order valence-electron chi connectivity index (χ4n) is 2.65. The third kappa shape index (κ3) is 3.56. The Morgan fingerprint density at radius 2 is 2.17 bits per heavy atom. The summed E-state index contributed by atoms with van der Waals surface area (Å²) >= 11 is 1.70. The second-order valence-electron chi connectivity index (χ2n) is 6.25. The number of rotatable bonds is 6. The lowest BCUT2D eigenvalue weighted by Gasteiger charge is -2.20. The van der Waals surface area contributed by atoms with E-state index in [4.69, 9.17) is 0 Å². The van der Waals surface area contributed by atoms with Crippen LogP contribution in [-0.4, -0.2) is 27.4 Å². The SMILES string of the molecule is CCCc1nc(CNc2nc(C(C)C)nc3c2CCNC3=O)cs1. The molecule has 0 radical (unpaired) electrons. The molecule has 0 bridgehead atoms. The summed E-state index contributed by atoms with van der Waals surface area (Å²) in [4.78, 5) is 25.9. The number of nitrogens with one attached hydrogen (secondary N) is 2. The molecule has 24 heavy (non-hydrogen) atoms. The number of anilines is 1. The predicted octanol–water partition coefficient (Wildman–Crippen LogP) is 2.91. The molecule has 0 unspecified atom stereocenters. The van der Waals surface area contributed by atoms with Crippen molar-refractivity contribution in [2.45, 2.75) is 52.5 Å². The minimum Gasteiger partial charge on any atom is -0.364 e. The molecule has 2 N–H and O–H groups in total. The van der Waals surface area contributed by atoms with Crippen molar-refractivity contribution in [1.29, 1.82) is 0 Å². The van der Waals surface area contributed by atoms with Crippen LogP contribution < -0.4 is 10.6 Å². The van der Waals surface area contributed by atoms with Crippen LogP contribution in [0.5, 0.6) is 0 Å². The molecule has 3 heterocycles. The second-order valence-corrected chi connectivity index (χ2v) is 7.20. The monoisotopic (exact) mass is 345 g/mol. The maximum Gasteiger partial charge on any atom is 0.270 e. The van der Waals surface area contributed by atoms with Gasteiger partial charge < -0.3 is 10.6 Å². The minimum absolute atomic E-state index is 0.109. The second kappa shape index (κ2) is 7.25. The molecule has 128 valence electrons. The zero-order valence-electron chi connectivity index (χ0n) is 14.3. The van der Waals surface area contributed by atoms with Crippen LogP contribution in [-0.2, 0) is 19.4 Å². The summed E-state index contributed by atoms with van der Waals surface area (Å²) in [6, 6.07) is 0. The summed E-state index contributed by atoms with van der Waals surface area (Å²) in [6.45, 7) is 7.46. The van der Waals surface area contributed by atoms with Crippen LogP contribution in [0.25, 0.3) is 0 Å². The van der Waals surface area contributed by atoms with E-state index in [9.17, 15) is 4.79 Å². The first-order chi connectivity index (χ1) is 11.6. The molecule has 0 aromatic carbocycles. The molecule has 3 rings (SSSR count). The van der Waals surface area contributed by atoms with Crippen LogP contribution in [0.4, 0.5) is 5.82 Å². The van der Waals surface area contributed by atoms with E-state index in [1.54, 1.807) is 11.3 Å². The minimum atomic E-state index is -0.109. The Labute approximate surface area is 146 Å².